The Morgan fingerprint density at radius 1 is 1.08 bits per heavy atom. The van der Waals surface area contributed by atoms with Gasteiger partial charge in [-0.3, -0.25) is 0 Å². The zero-order chi connectivity index (χ0) is 8.72. The predicted molar refractivity (Wildman–Crippen MR) is 46.2 cm³/mol. The van der Waals surface area contributed by atoms with Crippen LogP contribution in [0.1, 0.15) is 20.7 Å². The van der Waals surface area contributed by atoms with Crippen molar-refractivity contribution in [2.45, 2.75) is 0 Å². The van der Waals surface area contributed by atoms with E-state index >= 15 is 0 Å². The minimum Gasteiger partial charge on any atom is -0.587 e. The minimum absolute atomic E-state index is 0. The predicted octanol–water partition coefficient (Wildman–Crippen LogP) is -0.879. The summed E-state index contributed by atoms with van der Waals surface area (Å²) in [7, 11) is 0. The number of amides is 2. The molecule has 3 nitrogen and oxygen atoms in total. The molecule has 13 heavy (non-hydrogen) atoms. The van der Waals surface area contributed by atoms with E-state index in [9.17, 15) is 9.59 Å². The molecule has 1 aliphatic rings. The van der Waals surface area contributed by atoms with Crippen LogP contribution in [0.25, 0.3) is 5.32 Å². The first kappa shape index (κ1) is 11.6. The molecule has 0 fully saturated rings. The van der Waals surface area contributed by atoms with Crippen molar-refractivity contribution < 1.29 is 61.0 Å². The number of halogens is 1. The number of imide groups is 1. The summed E-state index contributed by atoms with van der Waals surface area (Å²) in [5.41, 5.74) is 0.776. The van der Waals surface area contributed by atoms with Crippen LogP contribution >= 0.6 is 15.9 Å². The normalized spacial score (nSPS) is 13.3. The Labute approximate surface area is 126 Å². The fraction of sp³-hybridized carbons (Fsp3) is 0. The minimum atomic E-state index is -0.448. The molecule has 0 unspecified atom stereocenters. The maximum absolute atomic E-state index is 11.0. The van der Waals surface area contributed by atoms with Crippen LogP contribution in [0.3, 0.4) is 0 Å². The van der Waals surface area contributed by atoms with Crippen molar-refractivity contribution in [2.75, 3.05) is 0 Å². The van der Waals surface area contributed by atoms with Gasteiger partial charge in [0.05, 0.1) is 11.8 Å². The Kier molecular flexibility index (Phi) is 3.85. The number of rotatable bonds is 0. The van der Waals surface area contributed by atoms with E-state index in [1.807, 2.05) is 0 Å². The molecule has 0 aliphatic carbocycles. The van der Waals surface area contributed by atoms with Crippen LogP contribution in [-0.2, 0) is 0 Å². The number of hydrogen-bond donors (Lipinski definition) is 0. The van der Waals surface area contributed by atoms with Gasteiger partial charge in [-0.2, -0.15) is 0 Å². The quantitative estimate of drug-likeness (QED) is 0.451. The number of fused-ring (bicyclic) bond motifs is 1. The molecule has 0 N–H and O–H groups in total. The molecule has 0 saturated carbocycles. The average Bonchev–Trinajstić information content (AvgIpc) is 2.28. The van der Waals surface area contributed by atoms with Crippen LogP contribution in [0.15, 0.2) is 22.7 Å². The van der Waals surface area contributed by atoms with E-state index in [1.165, 1.54) is 0 Å². The van der Waals surface area contributed by atoms with Gasteiger partial charge in [-0.1, -0.05) is 22.0 Å². The molecule has 2 rings (SSSR count). The van der Waals surface area contributed by atoms with Crippen LogP contribution in [0.2, 0.25) is 0 Å². The fourth-order valence-corrected chi connectivity index (χ4v) is 1.45. The van der Waals surface area contributed by atoms with Crippen molar-refractivity contribution >= 4 is 27.7 Å². The molecule has 1 aromatic rings. The summed E-state index contributed by atoms with van der Waals surface area (Å²) in [4.78, 5) is 22.0. The van der Waals surface area contributed by atoms with Gasteiger partial charge < -0.3 is 14.9 Å². The SMILES string of the molecule is O=C1[N-]C(=O)c2cc(Br)ccc21.[K+]. The molecule has 0 saturated heterocycles. The Morgan fingerprint density at radius 3 is 2.38 bits per heavy atom. The van der Waals surface area contributed by atoms with Crippen molar-refractivity contribution in [1.29, 1.82) is 0 Å². The van der Waals surface area contributed by atoms with E-state index in [4.69, 9.17) is 0 Å². The van der Waals surface area contributed by atoms with Gasteiger partial charge in [-0.15, -0.1) is 0 Å². The summed E-state index contributed by atoms with van der Waals surface area (Å²) in [6, 6.07) is 4.91. The van der Waals surface area contributed by atoms with Gasteiger partial charge in [0.1, 0.15) is 0 Å². The van der Waals surface area contributed by atoms with Gasteiger partial charge in [0, 0.05) is 15.6 Å². The largest absolute Gasteiger partial charge is 1.00 e. The average molecular weight is 264 g/mol. The zero-order valence-electron chi connectivity index (χ0n) is 6.87. The van der Waals surface area contributed by atoms with Crippen molar-refractivity contribution in [3.8, 4) is 0 Å². The van der Waals surface area contributed by atoms with E-state index in [0.29, 0.717) is 11.1 Å². The van der Waals surface area contributed by atoms with Crippen molar-refractivity contribution in [2.24, 2.45) is 0 Å². The third-order valence-electron chi connectivity index (χ3n) is 1.65. The standard InChI is InChI=1S/C8H4BrNO2.K/c9-4-1-2-5-6(3-4)8(12)10-7(5)11;/h1-3H,(H,10,11,12);/q;+1/p-1. The Balaban J connectivity index is 0.000000845. The van der Waals surface area contributed by atoms with Crippen LogP contribution in [0.4, 0.5) is 0 Å². The second-order valence-corrected chi connectivity index (χ2v) is 3.33. The summed E-state index contributed by atoms with van der Waals surface area (Å²) in [5, 5.41) is 3.30. The first-order valence-electron chi connectivity index (χ1n) is 3.28. The van der Waals surface area contributed by atoms with Crippen LogP contribution < -0.4 is 51.4 Å². The Hall–Kier alpha value is 0.476. The molecule has 0 bridgehead atoms. The maximum atomic E-state index is 11.0. The van der Waals surface area contributed by atoms with Crippen LogP contribution in [0.5, 0.6) is 0 Å². The smallest absolute Gasteiger partial charge is 0.587 e. The fourth-order valence-electron chi connectivity index (χ4n) is 1.09. The Morgan fingerprint density at radius 2 is 1.69 bits per heavy atom. The molecule has 0 aromatic heterocycles. The van der Waals surface area contributed by atoms with Gasteiger partial charge in [0.25, 0.3) is 0 Å². The number of carbonyl (C=O) groups is 2. The van der Waals surface area contributed by atoms with Gasteiger partial charge >= 0.3 is 51.4 Å². The first-order chi connectivity index (χ1) is 5.68. The third kappa shape index (κ3) is 2.11. The third-order valence-corrected chi connectivity index (χ3v) is 2.14. The zero-order valence-corrected chi connectivity index (χ0v) is 11.6. The molecule has 1 heterocycles. The first-order valence-corrected chi connectivity index (χ1v) is 4.08. The summed E-state index contributed by atoms with van der Waals surface area (Å²) in [6.07, 6.45) is 0. The second kappa shape index (κ2) is 4.33. The van der Waals surface area contributed by atoms with Crippen LogP contribution in [-0.4, -0.2) is 11.8 Å². The van der Waals surface area contributed by atoms with Crippen molar-refractivity contribution in [3.63, 3.8) is 0 Å². The molecule has 60 valence electrons. The number of hydrogen-bond acceptors (Lipinski definition) is 2. The molecular formula is C8H3BrKNO2. The molecule has 0 radical (unpaired) electrons. The topological polar surface area (TPSA) is 48.2 Å². The number of nitrogens with zero attached hydrogens (tertiary/aromatic N) is 1. The summed E-state index contributed by atoms with van der Waals surface area (Å²) >= 11 is 3.21. The molecule has 2 amide bonds. The van der Waals surface area contributed by atoms with Gasteiger partial charge in [0.15, 0.2) is 0 Å². The Bertz CT molecular complexity index is 392. The van der Waals surface area contributed by atoms with E-state index < -0.39 is 11.8 Å². The van der Waals surface area contributed by atoms with E-state index in [-0.39, 0.29) is 51.4 Å². The molecular weight excluding hydrogens is 261 g/mol. The maximum Gasteiger partial charge on any atom is 1.00 e. The van der Waals surface area contributed by atoms with E-state index in [0.717, 1.165) is 4.47 Å². The van der Waals surface area contributed by atoms with Gasteiger partial charge in [0.2, 0.25) is 0 Å². The number of carbonyl (C=O) groups excluding carboxylic acids is 2. The summed E-state index contributed by atoms with van der Waals surface area (Å²) < 4.78 is 0.777. The number of benzene rings is 1. The molecule has 1 aromatic carbocycles. The monoisotopic (exact) mass is 263 g/mol. The molecule has 0 spiro atoms. The van der Waals surface area contributed by atoms with Crippen molar-refractivity contribution in [3.05, 3.63) is 39.1 Å². The van der Waals surface area contributed by atoms with Crippen molar-refractivity contribution in [1.82, 2.24) is 0 Å². The molecule has 5 heteroatoms. The van der Waals surface area contributed by atoms with Crippen LogP contribution in [0, 0.1) is 0 Å². The van der Waals surface area contributed by atoms with Gasteiger partial charge in [-0.05, 0) is 12.1 Å². The van der Waals surface area contributed by atoms with E-state index in [1.54, 1.807) is 18.2 Å². The van der Waals surface area contributed by atoms with E-state index in [2.05, 4.69) is 21.2 Å². The van der Waals surface area contributed by atoms with Gasteiger partial charge in [-0.25, -0.2) is 0 Å². The molecule has 1 aliphatic heterocycles. The molecule has 0 atom stereocenters. The summed E-state index contributed by atoms with van der Waals surface area (Å²) in [5.74, 6) is -0.890. The second-order valence-electron chi connectivity index (χ2n) is 2.41. The summed E-state index contributed by atoms with van der Waals surface area (Å²) in [6.45, 7) is 0.